The Kier molecular flexibility index (Phi) is 3.38. The Labute approximate surface area is 95.5 Å². The van der Waals surface area contributed by atoms with Gasteiger partial charge in [-0.3, -0.25) is 4.90 Å². The van der Waals surface area contributed by atoms with Crippen LogP contribution in [0.4, 0.5) is 0 Å². The Bertz CT molecular complexity index is 323. The molecule has 4 heteroatoms. The zero-order chi connectivity index (χ0) is 10.8. The third kappa shape index (κ3) is 2.38. The van der Waals surface area contributed by atoms with Gasteiger partial charge in [0.2, 0.25) is 0 Å². The monoisotopic (exact) mass is 225 g/mol. The number of thiazole rings is 1. The van der Waals surface area contributed by atoms with E-state index in [1.165, 1.54) is 18.0 Å². The van der Waals surface area contributed by atoms with Crippen LogP contribution in [0.5, 0.6) is 0 Å². The van der Waals surface area contributed by atoms with Gasteiger partial charge in [0.05, 0.1) is 6.04 Å². The van der Waals surface area contributed by atoms with E-state index >= 15 is 0 Å². The summed E-state index contributed by atoms with van der Waals surface area (Å²) in [5, 5.41) is 6.74. The molecule has 0 amide bonds. The average Bonchev–Trinajstić information content (AvgIpc) is 2.84. The fourth-order valence-corrected chi connectivity index (χ4v) is 2.98. The van der Waals surface area contributed by atoms with Crippen LogP contribution in [0.2, 0.25) is 0 Å². The summed E-state index contributed by atoms with van der Waals surface area (Å²) in [6, 6.07) is 1.13. The maximum atomic E-state index is 4.56. The van der Waals surface area contributed by atoms with Gasteiger partial charge in [-0.05, 0) is 27.3 Å². The quantitative estimate of drug-likeness (QED) is 0.850. The molecule has 1 fully saturated rings. The normalized spacial score (nSPS) is 24.6. The lowest BCUT2D eigenvalue weighted by Gasteiger charge is -2.22. The van der Waals surface area contributed by atoms with E-state index in [2.05, 4.69) is 34.4 Å². The molecule has 1 saturated heterocycles. The Morgan fingerprint density at radius 2 is 2.47 bits per heavy atom. The summed E-state index contributed by atoms with van der Waals surface area (Å²) < 4.78 is 0. The van der Waals surface area contributed by atoms with Crippen LogP contribution in [0, 0.1) is 6.92 Å². The highest BCUT2D eigenvalue weighted by atomic mass is 32.1. The van der Waals surface area contributed by atoms with Gasteiger partial charge < -0.3 is 5.32 Å². The van der Waals surface area contributed by atoms with Gasteiger partial charge in [-0.25, -0.2) is 4.98 Å². The Morgan fingerprint density at radius 1 is 1.67 bits per heavy atom. The van der Waals surface area contributed by atoms with Gasteiger partial charge in [-0.15, -0.1) is 11.3 Å². The van der Waals surface area contributed by atoms with Crippen molar-refractivity contribution in [2.75, 3.05) is 20.1 Å². The van der Waals surface area contributed by atoms with Crippen molar-refractivity contribution in [3.63, 3.8) is 0 Å². The fraction of sp³-hybridized carbons (Fsp3) is 0.727. The predicted octanol–water partition coefficient (Wildman–Crippen LogP) is 1.81. The molecule has 3 nitrogen and oxygen atoms in total. The Balaban J connectivity index is 2.00. The molecule has 84 valence electrons. The molecule has 15 heavy (non-hydrogen) atoms. The number of hydrogen-bond donors (Lipinski definition) is 1. The number of hydrogen-bond acceptors (Lipinski definition) is 4. The molecule has 2 atom stereocenters. The van der Waals surface area contributed by atoms with Gasteiger partial charge in [0, 0.05) is 30.2 Å². The molecule has 2 rings (SSSR count). The van der Waals surface area contributed by atoms with Crippen LogP contribution in [0.25, 0.3) is 0 Å². The molecule has 0 aromatic carbocycles. The van der Waals surface area contributed by atoms with E-state index in [1.54, 1.807) is 11.3 Å². The van der Waals surface area contributed by atoms with Gasteiger partial charge in [0.15, 0.2) is 0 Å². The van der Waals surface area contributed by atoms with Crippen LogP contribution >= 0.6 is 11.3 Å². The average molecular weight is 225 g/mol. The van der Waals surface area contributed by atoms with Crippen LogP contribution in [0.15, 0.2) is 5.38 Å². The molecule has 1 aliphatic heterocycles. The van der Waals surface area contributed by atoms with E-state index in [9.17, 15) is 0 Å². The molecule has 1 aromatic rings. The summed E-state index contributed by atoms with van der Waals surface area (Å²) in [4.78, 5) is 7.08. The maximum Gasteiger partial charge on any atom is 0.110 e. The molecule has 1 aromatic heterocycles. The minimum Gasteiger partial charge on any atom is -0.316 e. The summed E-state index contributed by atoms with van der Waals surface area (Å²) in [6.45, 7) is 6.66. The largest absolute Gasteiger partial charge is 0.316 e. The van der Waals surface area contributed by atoms with Crippen LogP contribution in [-0.2, 0) is 0 Å². The molecule has 2 heterocycles. The second-order valence-electron chi connectivity index (χ2n) is 4.27. The molecule has 0 saturated carbocycles. The van der Waals surface area contributed by atoms with Gasteiger partial charge in [-0.2, -0.15) is 0 Å². The lowest BCUT2D eigenvalue weighted by Crippen LogP contribution is -2.31. The minimum absolute atomic E-state index is 0.474. The predicted molar refractivity (Wildman–Crippen MR) is 64.3 cm³/mol. The summed E-state index contributed by atoms with van der Waals surface area (Å²) in [5.41, 5.74) is 1.14. The number of likely N-dealkylation sites (tertiary alicyclic amines) is 1. The molecular weight excluding hydrogens is 206 g/mol. The fourth-order valence-electron chi connectivity index (χ4n) is 2.09. The first-order valence-corrected chi connectivity index (χ1v) is 6.42. The van der Waals surface area contributed by atoms with E-state index < -0.39 is 0 Å². The van der Waals surface area contributed by atoms with Gasteiger partial charge in [-0.1, -0.05) is 0 Å². The van der Waals surface area contributed by atoms with Crippen molar-refractivity contribution in [2.45, 2.75) is 32.4 Å². The van der Waals surface area contributed by atoms with Gasteiger partial charge in [0.1, 0.15) is 5.01 Å². The SMILES string of the molecule is CNC1CCN(C(C)c2nc(C)cs2)C1. The molecule has 0 aliphatic carbocycles. The highest BCUT2D eigenvalue weighted by Crippen LogP contribution is 2.26. The van der Waals surface area contributed by atoms with Crippen molar-refractivity contribution in [3.8, 4) is 0 Å². The van der Waals surface area contributed by atoms with Crippen LogP contribution in [-0.4, -0.2) is 36.1 Å². The Hall–Kier alpha value is -0.450. The van der Waals surface area contributed by atoms with Crippen molar-refractivity contribution in [1.82, 2.24) is 15.2 Å². The van der Waals surface area contributed by atoms with Gasteiger partial charge in [0.25, 0.3) is 0 Å². The van der Waals surface area contributed by atoms with E-state index in [1.807, 2.05) is 7.05 Å². The summed E-state index contributed by atoms with van der Waals surface area (Å²) in [5.74, 6) is 0. The summed E-state index contributed by atoms with van der Waals surface area (Å²) in [7, 11) is 2.05. The van der Waals surface area contributed by atoms with E-state index in [-0.39, 0.29) is 0 Å². The summed E-state index contributed by atoms with van der Waals surface area (Å²) >= 11 is 1.78. The van der Waals surface area contributed by atoms with E-state index in [0.29, 0.717) is 12.1 Å². The Morgan fingerprint density at radius 3 is 3.00 bits per heavy atom. The lowest BCUT2D eigenvalue weighted by molar-refractivity contribution is 0.256. The second kappa shape index (κ2) is 4.60. The molecule has 0 radical (unpaired) electrons. The second-order valence-corrected chi connectivity index (χ2v) is 5.16. The van der Waals surface area contributed by atoms with Crippen LogP contribution < -0.4 is 5.32 Å². The zero-order valence-corrected chi connectivity index (χ0v) is 10.5. The highest BCUT2D eigenvalue weighted by molar-refractivity contribution is 7.09. The minimum atomic E-state index is 0.474. The first-order chi connectivity index (χ1) is 7.20. The number of likely N-dealkylation sites (N-methyl/N-ethyl adjacent to an activating group) is 1. The van der Waals surface area contributed by atoms with Crippen LogP contribution in [0.3, 0.4) is 0 Å². The standard InChI is InChI=1S/C11H19N3S/c1-8-7-15-11(13-8)9(2)14-5-4-10(6-14)12-3/h7,9-10,12H,4-6H2,1-3H3. The number of aromatic nitrogens is 1. The number of nitrogens with one attached hydrogen (secondary N) is 1. The van der Waals surface area contributed by atoms with Gasteiger partial charge >= 0.3 is 0 Å². The van der Waals surface area contributed by atoms with Crippen molar-refractivity contribution < 1.29 is 0 Å². The number of aryl methyl sites for hydroxylation is 1. The summed E-state index contributed by atoms with van der Waals surface area (Å²) in [6.07, 6.45) is 1.26. The molecule has 2 unspecified atom stereocenters. The maximum absolute atomic E-state index is 4.56. The topological polar surface area (TPSA) is 28.2 Å². The molecule has 1 N–H and O–H groups in total. The lowest BCUT2D eigenvalue weighted by atomic mass is 10.3. The van der Waals surface area contributed by atoms with E-state index in [0.717, 1.165) is 12.2 Å². The van der Waals surface area contributed by atoms with E-state index in [4.69, 9.17) is 0 Å². The highest BCUT2D eigenvalue weighted by Gasteiger charge is 2.26. The number of rotatable bonds is 3. The number of nitrogens with zero attached hydrogens (tertiary/aromatic N) is 2. The van der Waals surface area contributed by atoms with Crippen molar-refractivity contribution >= 4 is 11.3 Å². The third-order valence-corrected chi connectivity index (χ3v) is 4.30. The first kappa shape index (κ1) is 11.0. The smallest absolute Gasteiger partial charge is 0.110 e. The molecule has 0 bridgehead atoms. The zero-order valence-electron chi connectivity index (χ0n) is 9.66. The van der Waals surface area contributed by atoms with Crippen molar-refractivity contribution in [3.05, 3.63) is 16.1 Å². The molecular formula is C11H19N3S. The van der Waals surface area contributed by atoms with Crippen molar-refractivity contribution in [1.29, 1.82) is 0 Å². The molecule has 0 spiro atoms. The van der Waals surface area contributed by atoms with Crippen LogP contribution in [0.1, 0.15) is 30.1 Å². The first-order valence-electron chi connectivity index (χ1n) is 5.54. The van der Waals surface area contributed by atoms with Crippen molar-refractivity contribution in [2.24, 2.45) is 0 Å². The third-order valence-electron chi connectivity index (χ3n) is 3.17. The molecule has 1 aliphatic rings.